The van der Waals surface area contributed by atoms with Crippen molar-refractivity contribution in [3.05, 3.63) is 28.7 Å². The minimum atomic E-state index is -0.497. The highest BCUT2D eigenvalue weighted by Gasteiger charge is 2.22. The van der Waals surface area contributed by atoms with Gasteiger partial charge in [0.15, 0.2) is 0 Å². The maximum Gasteiger partial charge on any atom is 0.245 e. The molecule has 0 radical (unpaired) electrons. The molecule has 1 N–H and O–H groups in total. The molecule has 0 aliphatic rings. The summed E-state index contributed by atoms with van der Waals surface area (Å²) in [6, 6.07) is 7.41. The summed E-state index contributed by atoms with van der Waals surface area (Å²) in [6.07, 6.45) is 2.00. The fourth-order valence-electron chi connectivity index (χ4n) is 1.93. The molecule has 1 rings (SSSR count). The third-order valence-corrected chi connectivity index (χ3v) is 4.69. The first-order valence-electron chi connectivity index (χ1n) is 7.34. The number of carbonyl (C=O) groups is 2. The maximum atomic E-state index is 12.5. The van der Waals surface area contributed by atoms with Crippen molar-refractivity contribution in [3.63, 3.8) is 0 Å². The predicted molar refractivity (Wildman–Crippen MR) is 95.0 cm³/mol. The minimum Gasteiger partial charge on any atom is -0.344 e. The molecule has 1 aromatic carbocycles. The molecule has 1 unspecified atom stereocenters. The summed E-state index contributed by atoms with van der Waals surface area (Å²) in [5.74, 6) is 0.300. The van der Waals surface area contributed by atoms with Crippen LogP contribution in [-0.2, 0) is 9.59 Å². The van der Waals surface area contributed by atoms with E-state index in [0.717, 1.165) is 22.2 Å². The lowest BCUT2D eigenvalue weighted by atomic mass is 10.2. The van der Waals surface area contributed by atoms with Gasteiger partial charge in [-0.05, 0) is 24.6 Å². The summed E-state index contributed by atoms with van der Waals surface area (Å²) in [7, 11) is 1.79. The largest absolute Gasteiger partial charge is 0.344 e. The van der Waals surface area contributed by atoms with Gasteiger partial charge in [0.05, 0.1) is 0 Å². The average Bonchev–Trinajstić information content (AvgIpc) is 2.48. The van der Waals surface area contributed by atoms with Crippen LogP contribution in [0.2, 0.25) is 0 Å². The molecule has 0 aliphatic carbocycles. The van der Waals surface area contributed by atoms with Crippen molar-refractivity contribution in [2.75, 3.05) is 19.3 Å². The van der Waals surface area contributed by atoms with E-state index in [-0.39, 0.29) is 11.8 Å². The molecule has 2 amide bonds. The molecular formula is C16H23BrN2O2S. The summed E-state index contributed by atoms with van der Waals surface area (Å²) in [6.45, 7) is 4.25. The van der Waals surface area contributed by atoms with Crippen molar-refractivity contribution >= 4 is 39.5 Å². The molecule has 122 valence electrons. The Morgan fingerprint density at radius 1 is 1.41 bits per heavy atom. The van der Waals surface area contributed by atoms with Crippen LogP contribution in [0.15, 0.2) is 33.6 Å². The smallest absolute Gasteiger partial charge is 0.245 e. The van der Waals surface area contributed by atoms with Crippen LogP contribution in [0.4, 0.5) is 0 Å². The van der Waals surface area contributed by atoms with E-state index < -0.39 is 6.04 Å². The van der Waals surface area contributed by atoms with Gasteiger partial charge in [-0.3, -0.25) is 9.59 Å². The Kier molecular flexibility index (Phi) is 8.56. The van der Waals surface area contributed by atoms with Crippen molar-refractivity contribution in [1.29, 1.82) is 0 Å². The van der Waals surface area contributed by atoms with Gasteiger partial charge in [-0.25, -0.2) is 0 Å². The quantitative estimate of drug-likeness (QED) is 0.697. The summed E-state index contributed by atoms with van der Waals surface area (Å²) in [5, 5.41) is 2.76. The molecule has 0 saturated heterocycles. The zero-order valence-electron chi connectivity index (χ0n) is 13.3. The summed E-state index contributed by atoms with van der Waals surface area (Å²) < 4.78 is 1.000. The molecule has 0 fully saturated rings. The number of likely N-dealkylation sites (N-methyl/N-ethyl adjacent to an activating group) is 1. The van der Waals surface area contributed by atoms with E-state index in [9.17, 15) is 9.59 Å². The Balaban J connectivity index is 2.67. The topological polar surface area (TPSA) is 49.4 Å². The fourth-order valence-corrected chi connectivity index (χ4v) is 3.45. The lowest BCUT2D eigenvalue weighted by molar-refractivity contribution is -0.134. The number of benzene rings is 1. The molecule has 1 aromatic rings. The lowest BCUT2D eigenvalue weighted by Gasteiger charge is -2.24. The summed E-state index contributed by atoms with van der Waals surface area (Å²) in [4.78, 5) is 26.6. The minimum absolute atomic E-state index is 0.0360. The Hall–Kier alpha value is -1.01. The SMILES string of the molecule is CCCCN(C)C(=O)C(CSc1cccc(Br)c1)NC(C)=O. The number of nitrogens with zero attached hydrogens (tertiary/aromatic N) is 1. The maximum absolute atomic E-state index is 12.5. The van der Waals surface area contributed by atoms with Gasteiger partial charge in [-0.2, -0.15) is 0 Å². The van der Waals surface area contributed by atoms with Gasteiger partial charge >= 0.3 is 0 Å². The van der Waals surface area contributed by atoms with Crippen LogP contribution in [0.5, 0.6) is 0 Å². The van der Waals surface area contributed by atoms with Gasteiger partial charge in [0.2, 0.25) is 11.8 Å². The fraction of sp³-hybridized carbons (Fsp3) is 0.500. The Labute approximate surface area is 145 Å². The number of halogens is 1. The van der Waals surface area contributed by atoms with Crippen LogP contribution in [-0.4, -0.2) is 42.1 Å². The first-order chi connectivity index (χ1) is 10.4. The third-order valence-electron chi connectivity index (χ3n) is 3.11. The van der Waals surface area contributed by atoms with Crippen molar-refractivity contribution in [2.24, 2.45) is 0 Å². The first-order valence-corrected chi connectivity index (χ1v) is 9.12. The van der Waals surface area contributed by atoms with Crippen molar-refractivity contribution in [2.45, 2.75) is 37.6 Å². The number of rotatable bonds is 8. The number of amides is 2. The zero-order valence-corrected chi connectivity index (χ0v) is 15.7. The molecule has 0 bridgehead atoms. The van der Waals surface area contributed by atoms with E-state index in [1.165, 1.54) is 6.92 Å². The molecule has 0 aliphatic heterocycles. The van der Waals surface area contributed by atoms with Crippen LogP contribution in [0.1, 0.15) is 26.7 Å². The van der Waals surface area contributed by atoms with Crippen LogP contribution in [0.3, 0.4) is 0 Å². The number of carbonyl (C=O) groups excluding carboxylic acids is 2. The van der Waals surface area contributed by atoms with Crippen molar-refractivity contribution in [1.82, 2.24) is 10.2 Å². The standard InChI is InChI=1S/C16H23BrN2O2S/c1-4-5-9-19(3)16(21)15(18-12(2)20)11-22-14-8-6-7-13(17)10-14/h6-8,10,15H,4-5,9,11H2,1-3H3,(H,18,20). The molecule has 1 atom stereocenters. The van der Waals surface area contributed by atoms with Gasteiger partial charge in [0.1, 0.15) is 6.04 Å². The van der Waals surface area contributed by atoms with Gasteiger partial charge in [0, 0.05) is 35.6 Å². The van der Waals surface area contributed by atoms with E-state index in [2.05, 4.69) is 28.2 Å². The predicted octanol–water partition coefficient (Wildman–Crippen LogP) is 3.30. The average molecular weight is 387 g/mol. The number of hydrogen-bond donors (Lipinski definition) is 1. The van der Waals surface area contributed by atoms with Gasteiger partial charge in [-0.15, -0.1) is 11.8 Å². The van der Waals surface area contributed by atoms with E-state index in [1.54, 1.807) is 23.7 Å². The van der Waals surface area contributed by atoms with Gasteiger partial charge in [-0.1, -0.05) is 35.3 Å². The highest BCUT2D eigenvalue weighted by Crippen LogP contribution is 2.22. The highest BCUT2D eigenvalue weighted by atomic mass is 79.9. The van der Waals surface area contributed by atoms with Crippen LogP contribution < -0.4 is 5.32 Å². The molecule has 0 saturated carbocycles. The molecular weight excluding hydrogens is 364 g/mol. The second-order valence-corrected chi connectivity index (χ2v) is 7.14. The molecule has 4 nitrogen and oxygen atoms in total. The molecule has 6 heteroatoms. The van der Waals surface area contributed by atoms with Crippen molar-refractivity contribution in [3.8, 4) is 0 Å². The number of thioether (sulfide) groups is 1. The van der Waals surface area contributed by atoms with Gasteiger partial charge in [0.25, 0.3) is 0 Å². The summed E-state index contributed by atoms with van der Waals surface area (Å²) in [5.41, 5.74) is 0. The number of unbranched alkanes of at least 4 members (excludes halogenated alkanes) is 1. The highest BCUT2D eigenvalue weighted by molar-refractivity contribution is 9.10. The molecule has 0 heterocycles. The van der Waals surface area contributed by atoms with Crippen LogP contribution >= 0.6 is 27.7 Å². The van der Waals surface area contributed by atoms with Crippen LogP contribution in [0, 0.1) is 0 Å². The van der Waals surface area contributed by atoms with E-state index in [4.69, 9.17) is 0 Å². The second-order valence-electron chi connectivity index (χ2n) is 5.13. The van der Waals surface area contributed by atoms with E-state index in [1.807, 2.05) is 24.3 Å². The monoisotopic (exact) mass is 386 g/mol. The Bertz CT molecular complexity index is 511. The zero-order chi connectivity index (χ0) is 16.5. The Morgan fingerprint density at radius 2 is 2.14 bits per heavy atom. The normalized spacial score (nSPS) is 11.8. The van der Waals surface area contributed by atoms with E-state index in [0.29, 0.717) is 12.3 Å². The number of hydrogen-bond acceptors (Lipinski definition) is 3. The molecule has 22 heavy (non-hydrogen) atoms. The second kappa shape index (κ2) is 9.90. The van der Waals surface area contributed by atoms with E-state index >= 15 is 0 Å². The van der Waals surface area contributed by atoms with Gasteiger partial charge < -0.3 is 10.2 Å². The lowest BCUT2D eigenvalue weighted by Crippen LogP contribution is -2.48. The third kappa shape index (κ3) is 6.83. The van der Waals surface area contributed by atoms with Crippen LogP contribution in [0.25, 0.3) is 0 Å². The number of nitrogens with one attached hydrogen (secondary N) is 1. The van der Waals surface area contributed by atoms with Crippen molar-refractivity contribution < 1.29 is 9.59 Å². The summed E-state index contributed by atoms with van der Waals surface area (Å²) >= 11 is 4.99. The Morgan fingerprint density at radius 3 is 2.73 bits per heavy atom. The first kappa shape index (κ1) is 19.0. The molecule has 0 spiro atoms. The molecule has 0 aromatic heterocycles.